The van der Waals surface area contributed by atoms with Crippen molar-refractivity contribution < 1.29 is 18.1 Å². The van der Waals surface area contributed by atoms with E-state index >= 15 is 0 Å². The van der Waals surface area contributed by atoms with Crippen molar-refractivity contribution in [3.05, 3.63) is 33.9 Å². The molecule has 5 nitrogen and oxygen atoms in total. The molecule has 1 N–H and O–H groups in total. The molecule has 1 aromatic carbocycles. The number of alkyl halides is 3. The predicted molar refractivity (Wildman–Crippen MR) is 63.2 cm³/mol. The van der Waals surface area contributed by atoms with Crippen LogP contribution in [0.3, 0.4) is 0 Å². The Bertz CT molecular complexity index is 485. The van der Waals surface area contributed by atoms with Crippen molar-refractivity contribution >= 4 is 11.4 Å². The second-order valence-electron chi connectivity index (χ2n) is 4.20. The van der Waals surface area contributed by atoms with Gasteiger partial charge in [0.05, 0.1) is 10.5 Å². The summed E-state index contributed by atoms with van der Waals surface area (Å²) in [6.07, 6.45) is -4.50. The summed E-state index contributed by atoms with van der Waals surface area (Å²) in [5.74, 6) is 0. The number of hydrogen-bond acceptors (Lipinski definition) is 4. The highest BCUT2D eigenvalue weighted by molar-refractivity contribution is 5.65. The number of nitrogens with one attached hydrogen (secondary N) is 1. The monoisotopic (exact) mass is 275 g/mol. The first-order valence-corrected chi connectivity index (χ1v) is 5.71. The van der Waals surface area contributed by atoms with Gasteiger partial charge in [-0.25, -0.2) is 0 Å². The van der Waals surface area contributed by atoms with Gasteiger partial charge in [-0.2, -0.15) is 13.2 Å². The molecule has 1 saturated heterocycles. The first kappa shape index (κ1) is 13.6. The molecule has 1 aliphatic rings. The van der Waals surface area contributed by atoms with Gasteiger partial charge in [0.15, 0.2) is 0 Å². The van der Waals surface area contributed by atoms with E-state index in [9.17, 15) is 23.3 Å². The Balaban J connectivity index is 2.44. The van der Waals surface area contributed by atoms with Gasteiger partial charge in [-0.3, -0.25) is 10.1 Å². The van der Waals surface area contributed by atoms with Gasteiger partial charge >= 0.3 is 6.18 Å². The summed E-state index contributed by atoms with van der Waals surface area (Å²) >= 11 is 0. The number of nitro benzene ring substituents is 1. The van der Waals surface area contributed by atoms with E-state index in [1.54, 1.807) is 4.90 Å². The Morgan fingerprint density at radius 1 is 1.26 bits per heavy atom. The molecule has 0 aromatic heterocycles. The average Bonchev–Trinajstić information content (AvgIpc) is 2.38. The van der Waals surface area contributed by atoms with Crippen LogP contribution in [0.15, 0.2) is 18.2 Å². The molecule has 0 spiro atoms. The lowest BCUT2D eigenvalue weighted by Crippen LogP contribution is -2.43. The van der Waals surface area contributed by atoms with Crippen LogP contribution in [0.5, 0.6) is 0 Å². The number of nitrogens with zero attached hydrogens (tertiary/aromatic N) is 2. The van der Waals surface area contributed by atoms with Crippen LogP contribution < -0.4 is 10.2 Å². The fourth-order valence-corrected chi connectivity index (χ4v) is 2.01. The smallest absolute Gasteiger partial charge is 0.363 e. The molecule has 0 saturated carbocycles. The fourth-order valence-electron chi connectivity index (χ4n) is 2.01. The fraction of sp³-hybridized carbons (Fsp3) is 0.455. The number of hydrogen-bond donors (Lipinski definition) is 1. The zero-order valence-corrected chi connectivity index (χ0v) is 9.91. The van der Waals surface area contributed by atoms with Gasteiger partial charge < -0.3 is 10.2 Å². The maximum absolute atomic E-state index is 12.7. The first-order valence-electron chi connectivity index (χ1n) is 5.71. The maximum atomic E-state index is 12.7. The van der Waals surface area contributed by atoms with E-state index in [4.69, 9.17) is 0 Å². The summed E-state index contributed by atoms with van der Waals surface area (Å²) in [4.78, 5) is 11.9. The predicted octanol–water partition coefficient (Wildman–Crippen LogP) is 2.02. The van der Waals surface area contributed by atoms with E-state index in [-0.39, 0.29) is 11.4 Å². The third-order valence-corrected chi connectivity index (χ3v) is 2.96. The SMILES string of the molecule is O=[N+]([O-])c1ccc(C(F)(F)F)cc1N1CCNCC1. The summed E-state index contributed by atoms with van der Waals surface area (Å²) in [5, 5.41) is 14.0. The molecule has 0 atom stereocenters. The quantitative estimate of drug-likeness (QED) is 0.662. The highest BCUT2D eigenvalue weighted by atomic mass is 19.4. The van der Waals surface area contributed by atoms with Crippen LogP contribution in [-0.2, 0) is 6.18 Å². The molecule has 0 unspecified atom stereocenters. The molecule has 0 bridgehead atoms. The molecular formula is C11H12F3N3O2. The second kappa shape index (κ2) is 5.04. The van der Waals surface area contributed by atoms with Gasteiger partial charge in [-0.05, 0) is 12.1 Å². The van der Waals surface area contributed by atoms with Crippen LogP contribution in [0.1, 0.15) is 5.56 Å². The van der Waals surface area contributed by atoms with Gasteiger partial charge in [0.25, 0.3) is 5.69 Å². The Kier molecular flexibility index (Phi) is 3.61. The lowest BCUT2D eigenvalue weighted by atomic mass is 10.1. The molecule has 2 rings (SSSR count). The normalized spacial score (nSPS) is 16.5. The maximum Gasteiger partial charge on any atom is 0.416 e. The summed E-state index contributed by atoms with van der Waals surface area (Å²) < 4.78 is 38.0. The zero-order chi connectivity index (χ0) is 14.0. The first-order chi connectivity index (χ1) is 8.89. The van der Waals surface area contributed by atoms with E-state index in [1.807, 2.05) is 0 Å². The topological polar surface area (TPSA) is 58.4 Å². The van der Waals surface area contributed by atoms with Crippen molar-refractivity contribution in [3.8, 4) is 0 Å². The van der Waals surface area contributed by atoms with E-state index in [0.717, 1.165) is 18.2 Å². The lowest BCUT2D eigenvalue weighted by Gasteiger charge is -2.29. The standard InChI is InChI=1S/C11H12F3N3O2/c12-11(13,14)8-1-2-9(17(18)19)10(7-8)16-5-3-15-4-6-16/h1-2,7,15H,3-6H2. The average molecular weight is 275 g/mol. The van der Waals surface area contributed by atoms with Crippen molar-refractivity contribution in [2.24, 2.45) is 0 Å². The molecule has 1 heterocycles. The van der Waals surface area contributed by atoms with E-state index in [0.29, 0.717) is 26.2 Å². The number of halogens is 3. The van der Waals surface area contributed by atoms with E-state index in [1.165, 1.54) is 0 Å². The minimum absolute atomic E-state index is 0.0290. The minimum atomic E-state index is -4.50. The molecule has 8 heteroatoms. The van der Waals surface area contributed by atoms with Crippen LogP contribution in [0.4, 0.5) is 24.5 Å². The lowest BCUT2D eigenvalue weighted by molar-refractivity contribution is -0.384. The molecular weight excluding hydrogens is 263 g/mol. The minimum Gasteiger partial charge on any atom is -0.363 e. The Labute approximate surface area is 107 Å². The van der Waals surface area contributed by atoms with Crippen LogP contribution in [0.2, 0.25) is 0 Å². The zero-order valence-electron chi connectivity index (χ0n) is 9.91. The molecule has 0 aliphatic carbocycles. The van der Waals surface area contributed by atoms with Gasteiger partial charge in [-0.1, -0.05) is 0 Å². The highest BCUT2D eigenvalue weighted by Crippen LogP contribution is 2.36. The third kappa shape index (κ3) is 2.95. The number of piperazine rings is 1. The van der Waals surface area contributed by atoms with Crippen LogP contribution in [0.25, 0.3) is 0 Å². The molecule has 0 amide bonds. The molecule has 1 aromatic rings. The summed E-state index contributed by atoms with van der Waals surface area (Å²) in [6.45, 7) is 2.07. The largest absolute Gasteiger partial charge is 0.416 e. The number of anilines is 1. The highest BCUT2D eigenvalue weighted by Gasteiger charge is 2.33. The second-order valence-corrected chi connectivity index (χ2v) is 4.20. The molecule has 19 heavy (non-hydrogen) atoms. The summed E-state index contributed by atoms with van der Waals surface area (Å²) in [7, 11) is 0. The van der Waals surface area contributed by atoms with Crippen molar-refractivity contribution in [1.82, 2.24) is 5.32 Å². The third-order valence-electron chi connectivity index (χ3n) is 2.96. The summed E-state index contributed by atoms with van der Waals surface area (Å²) in [5.41, 5.74) is -1.14. The van der Waals surface area contributed by atoms with E-state index in [2.05, 4.69) is 5.32 Å². The number of benzene rings is 1. The Morgan fingerprint density at radius 2 is 1.89 bits per heavy atom. The summed E-state index contributed by atoms with van der Waals surface area (Å²) in [6, 6.07) is 2.51. The molecule has 104 valence electrons. The van der Waals surface area contributed by atoms with E-state index < -0.39 is 16.7 Å². The van der Waals surface area contributed by atoms with Crippen molar-refractivity contribution in [1.29, 1.82) is 0 Å². The van der Waals surface area contributed by atoms with Gasteiger partial charge in [0.2, 0.25) is 0 Å². The van der Waals surface area contributed by atoms with Gasteiger partial charge in [0, 0.05) is 32.2 Å². The van der Waals surface area contributed by atoms with Crippen molar-refractivity contribution in [2.75, 3.05) is 31.1 Å². The Morgan fingerprint density at radius 3 is 2.42 bits per heavy atom. The van der Waals surface area contributed by atoms with Gasteiger partial charge in [-0.15, -0.1) is 0 Å². The number of nitro groups is 1. The Hall–Kier alpha value is -1.83. The molecule has 0 radical (unpaired) electrons. The van der Waals surface area contributed by atoms with Crippen molar-refractivity contribution in [3.63, 3.8) is 0 Å². The van der Waals surface area contributed by atoms with Crippen LogP contribution >= 0.6 is 0 Å². The molecule has 1 aliphatic heterocycles. The number of rotatable bonds is 2. The van der Waals surface area contributed by atoms with Crippen LogP contribution in [-0.4, -0.2) is 31.1 Å². The van der Waals surface area contributed by atoms with Gasteiger partial charge in [0.1, 0.15) is 5.69 Å². The van der Waals surface area contributed by atoms with Crippen LogP contribution in [0, 0.1) is 10.1 Å². The van der Waals surface area contributed by atoms with Crippen molar-refractivity contribution in [2.45, 2.75) is 6.18 Å². The molecule has 1 fully saturated rings.